The molecule has 2 aromatic rings. The van der Waals surface area contributed by atoms with Crippen molar-refractivity contribution in [1.29, 1.82) is 0 Å². The maximum Gasteiger partial charge on any atom is 0.328 e. The van der Waals surface area contributed by atoms with Crippen LogP contribution in [0.4, 0.5) is 0 Å². The number of hydrogen-bond donors (Lipinski definition) is 1. The van der Waals surface area contributed by atoms with E-state index in [9.17, 15) is 19.2 Å². The van der Waals surface area contributed by atoms with E-state index in [1.54, 1.807) is 46.2 Å². The predicted octanol–water partition coefficient (Wildman–Crippen LogP) is 5.08. The normalized spacial score (nSPS) is 13.9. The van der Waals surface area contributed by atoms with Crippen molar-refractivity contribution < 1.29 is 47.3 Å². The van der Waals surface area contributed by atoms with Crippen LogP contribution < -0.4 is 14.8 Å². The lowest BCUT2D eigenvalue weighted by molar-refractivity contribution is -0.150. The van der Waals surface area contributed by atoms with Gasteiger partial charge in [0.05, 0.1) is 32.0 Å². The summed E-state index contributed by atoms with van der Waals surface area (Å²) in [5.74, 6) is 2.06. The van der Waals surface area contributed by atoms with Gasteiger partial charge >= 0.3 is 5.97 Å². The molecular weight excluding hydrogens is 737 g/mol. The molecule has 1 aliphatic rings. The number of carbonyl (C=O) groups excluding carboxylic acids is 4. The maximum absolute atomic E-state index is 13.5. The number of nitrogens with one attached hydrogen (secondary N) is 1. The Morgan fingerprint density at radius 3 is 2.34 bits per heavy atom. The van der Waals surface area contributed by atoms with Gasteiger partial charge in [0, 0.05) is 44.5 Å². The van der Waals surface area contributed by atoms with Gasteiger partial charge in [0.1, 0.15) is 30.8 Å². The Bertz CT molecular complexity index is 1640. The van der Waals surface area contributed by atoms with E-state index in [-0.39, 0.29) is 66.2 Å². The smallest absolute Gasteiger partial charge is 0.328 e. The Hall–Kier alpha value is -4.49. The summed E-state index contributed by atoms with van der Waals surface area (Å²) in [6.07, 6.45) is 7.56. The van der Waals surface area contributed by atoms with Crippen molar-refractivity contribution >= 4 is 32.0 Å². The summed E-state index contributed by atoms with van der Waals surface area (Å²) in [6.45, 7) is 19.1. The molecule has 0 spiro atoms. The van der Waals surface area contributed by atoms with Crippen molar-refractivity contribution in [3.63, 3.8) is 0 Å². The summed E-state index contributed by atoms with van der Waals surface area (Å²) in [7, 11) is -0.744. The van der Waals surface area contributed by atoms with E-state index >= 15 is 0 Å². The van der Waals surface area contributed by atoms with Crippen molar-refractivity contribution in [3.05, 3.63) is 48.2 Å². The number of pyridine rings is 1. The van der Waals surface area contributed by atoms with Crippen LogP contribution in [-0.4, -0.2) is 125 Å². The fourth-order valence-corrected chi connectivity index (χ4v) is 6.16. The first-order valence-electron chi connectivity index (χ1n) is 18.9. The van der Waals surface area contributed by atoms with E-state index in [4.69, 9.17) is 34.5 Å². The summed E-state index contributed by atoms with van der Waals surface area (Å²) in [6, 6.07) is 9.13. The molecule has 14 nitrogen and oxygen atoms in total. The van der Waals surface area contributed by atoms with Crippen molar-refractivity contribution in [2.45, 2.75) is 84.7 Å². The molecule has 15 heteroatoms. The molecule has 2 heterocycles. The Labute approximate surface area is 333 Å². The standard InChI is InChI=1S/C41H60N4O10Si/c1-11-21-51-28-36(46)45-26-33(27-45)52-22-19-44(20-23-54-56(9,10)41(5,6)7)37(47)29-53-31-13-12-14-32(24-31)55-35-16-15-30(25-42-35)38(48)43-34(39(49)50-8)17-18-40(2,3)4/h1,12-16,24-25,33-34H,17-23,26-29H2,2-10H3,(H,43,48)/t34-/m0/s1. The van der Waals surface area contributed by atoms with E-state index in [1.165, 1.54) is 13.3 Å². The van der Waals surface area contributed by atoms with Crippen LogP contribution >= 0.6 is 0 Å². The minimum Gasteiger partial charge on any atom is -0.484 e. The zero-order valence-corrected chi connectivity index (χ0v) is 35.5. The molecule has 0 aliphatic carbocycles. The number of ether oxygens (including phenoxy) is 5. The van der Waals surface area contributed by atoms with Crippen LogP contribution in [-0.2, 0) is 33.0 Å². The first kappa shape index (κ1) is 45.9. The summed E-state index contributed by atoms with van der Waals surface area (Å²) >= 11 is 0. The molecule has 0 unspecified atom stereocenters. The van der Waals surface area contributed by atoms with Gasteiger partial charge in [-0.2, -0.15) is 0 Å². The maximum atomic E-state index is 13.5. The van der Waals surface area contributed by atoms with Gasteiger partial charge in [0.2, 0.25) is 11.8 Å². The lowest BCUT2D eigenvalue weighted by Crippen LogP contribution is -2.56. The fraction of sp³-hybridized carbons (Fsp3) is 0.585. The summed E-state index contributed by atoms with van der Waals surface area (Å²) < 4.78 is 34.2. The van der Waals surface area contributed by atoms with Crippen LogP contribution in [0.5, 0.6) is 17.4 Å². The zero-order valence-electron chi connectivity index (χ0n) is 34.5. The highest BCUT2D eigenvalue weighted by Crippen LogP contribution is 2.36. The number of hydrogen-bond acceptors (Lipinski definition) is 11. The highest BCUT2D eigenvalue weighted by atomic mass is 28.4. The van der Waals surface area contributed by atoms with Gasteiger partial charge in [0.15, 0.2) is 14.9 Å². The first-order valence-corrected chi connectivity index (χ1v) is 21.8. The summed E-state index contributed by atoms with van der Waals surface area (Å²) in [4.78, 5) is 58.5. The topological polar surface area (TPSA) is 155 Å². The van der Waals surface area contributed by atoms with Crippen molar-refractivity contribution in [2.24, 2.45) is 5.41 Å². The van der Waals surface area contributed by atoms with Crippen molar-refractivity contribution in [3.8, 4) is 29.7 Å². The molecular formula is C41H60N4O10Si. The van der Waals surface area contributed by atoms with Gasteiger partial charge in [0.25, 0.3) is 11.8 Å². The monoisotopic (exact) mass is 796 g/mol. The molecule has 1 fully saturated rings. The Kier molecular flexibility index (Phi) is 17.3. The molecule has 1 atom stereocenters. The summed E-state index contributed by atoms with van der Waals surface area (Å²) in [5.41, 5.74) is 0.240. The third-order valence-electron chi connectivity index (χ3n) is 9.67. The molecule has 0 radical (unpaired) electrons. The SMILES string of the molecule is C#CCOCC(=O)N1CC(OCCN(CCO[Si](C)(C)C(C)(C)C)C(=O)COc2cccc(Oc3ccc(C(=O)N[C@@H](CCC(C)(C)C)C(=O)OC)cn3)c2)C1. The quantitative estimate of drug-likeness (QED) is 0.0779. The largest absolute Gasteiger partial charge is 0.484 e. The van der Waals surface area contributed by atoms with E-state index < -0.39 is 26.2 Å². The molecule has 3 rings (SSSR count). The molecule has 1 saturated heterocycles. The molecule has 56 heavy (non-hydrogen) atoms. The first-order chi connectivity index (χ1) is 26.3. The Morgan fingerprint density at radius 1 is 1.02 bits per heavy atom. The molecule has 1 N–H and O–H groups in total. The van der Waals surface area contributed by atoms with Crippen molar-refractivity contribution in [2.75, 3.05) is 66.3 Å². The number of terminal acetylenes is 1. The van der Waals surface area contributed by atoms with Crippen molar-refractivity contribution in [1.82, 2.24) is 20.1 Å². The molecule has 3 amide bonds. The fourth-order valence-electron chi connectivity index (χ4n) is 5.12. The lowest BCUT2D eigenvalue weighted by Gasteiger charge is -2.39. The Balaban J connectivity index is 1.56. The van der Waals surface area contributed by atoms with E-state index in [0.717, 1.165) is 0 Å². The third kappa shape index (κ3) is 15.2. The van der Waals surface area contributed by atoms with Gasteiger partial charge in [-0.05, 0) is 54.6 Å². The minimum atomic E-state index is -2.04. The third-order valence-corrected chi connectivity index (χ3v) is 14.2. The molecule has 308 valence electrons. The van der Waals surface area contributed by atoms with Crippen LogP contribution in [0.3, 0.4) is 0 Å². The number of benzene rings is 1. The highest BCUT2D eigenvalue weighted by Gasteiger charge is 2.37. The highest BCUT2D eigenvalue weighted by molar-refractivity contribution is 6.74. The molecule has 0 saturated carbocycles. The van der Waals surface area contributed by atoms with E-state index in [1.807, 2.05) is 0 Å². The van der Waals surface area contributed by atoms with Gasteiger partial charge in [-0.25, -0.2) is 9.78 Å². The number of likely N-dealkylation sites (tertiary alicyclic amines) is 1. The van der Waals surface area contributed by atoms with Gasteiger partial charge in [-0.15, -0.1) is 6.42 Å². The Morgan fingerprint density at radius 2 is 1.71 bits per heavy atom. The predicted molar refractivity (Wildman–Crippen MR) is 214 cm³/mol. The van der Waals surface area contributed by atoms with Crippen LogP contribution in [0.2, 0.25) is 18.1 Å². The second-order valence-electron chi connectivity index (χ2n) is 16.4. The number of aromatic nitrogens is 1. The second kappa shape index (κ2) is 21.1. The minimum absolute atomic E-state index is 0.0185. The molecule has 1 aliphatic heterocycles. The average molecular weight is 797 g/mol. The average Bonchev–Trinajstić information content (AvgIpc) is 3.11. The second-order valence-corrected chi connectivity index (χ2v) is 21.2. The van der Waals surface area contributed by atoms with E-state index in [0.29, 0.717) is 57.1 Å². The van der Waals surface area contributed by atoms with Gasteiger partial charge in [-0.3, -0.25) is 14.4 Å². The number of nitrogens with zero attached hydrogens (tertiary/aromatic N) is 3. The lowest BCUT2D eigenvalue weighted by atomic mass is 9.88. The van der Waals surface area contributed by atoms with Gasteiger partial charge < -0.3 is 43.2 Å². The van der Waals surface area contributed by atoms with E-state index in [2.05, 4.69) is 70.9 Å². The van der Waals surface area contributed by atoms with Crippen LogP contribution in [0.15, 0.2) is 42.6 Å². The zero-order chi connectivity index (χ0) is 41.5. The summed E-state index contributed by atoms with van der Waals surface area (Å²) in [5, 5.41) is 2.77. The van der Waals surface area contributed by atoms with Crippen LogP contribution in [0.25, 0.3) is 0 Å². The molecule has 0 bridgehead atoms. The van der Waals surface area contributed by atoms with Crippen LogP contribution in [0, 0.1) is 17.8 Å². The number of esters is 1. The number of carbonyl (C=O) groups is 4. The molecule has 1 aromatic heterocycles. The molecule has 1 aromatic carbocycles. The van der Waals surface area contributed by atoms with Crippen LogP contribution in [0.1, 0.15) is 64.7 Å². The van der Waals surface area contributed by atoms with Gasteiger partial charge in [-0.1, -0.05) is 53.5 Å². The number of amides is 3. The number of methoxy groups -OCH3 is 1. The number of rotatable bonds is 21.